The van der Waals surface area contributed by atoms with E-state index in [1.54, 1.807) is 12.3 Å². The summed E-state index contributed by atoms with van der Waals surface area (Å²) >= 11 is 0. The number of amides is 1. The third kappa shape index (κ3) is 4.28. The largest absolute Gasteiger partial charge is 0.481 e. The van der Waals surface area contributed by atoms with Gasteiger partial charge in [-0.2, -0.15) is 0 Å². The first-order chi connectivity index (χ1) is 8.50. The van der Waals surface area contributed by atoms with Crippen LogP contribution in [0, 0.1) is 0 Å². The van der Waals surface area contributed by atoms with Gasteiger partial charge in [-0.3, -0.25) is 9.59 Å². The van der Waals surface area contributed by atoms with Crippen LogP contribution >= 0.6 is 0 Å². The minimum atomic E-state index is -1.18. The summed E-state index contributed by atoms with van der Waals surface area (Å²) in [5, 5.41) is 19.7. The van der Waals surface area contributed by atoms with Gasteiger partial charge in [-0.05, 0) is 25.0 Å². The van der Waals surface area contributed by atoms with E-state index in [1.807, 2.05) is 0 Å². The molecule has 98 valence electrons. The highest BCUT2D eigenvalue weighted by molar-refractivity contribution is 5.95. The van der Waals surface area contributed by atoms with Crippen LogP contribution < -0.4 is 5.32 Å². The number of hydrogen-bond donors (Lipinski definition) is 4. The monoisotopic (exact) mass is 254 g/mol. The van der Waals surface area contributed by atoms with Crippen LogP contribution in [-0.2, 0) is 9.59 Å². The standard InChI is InChI=1S/C11H14N2O5/c14-9(15)5-1-3-8(11(17)18)13-10(16)7-4-2-6-12-7/h2,4,6,8,12H,1,3,5H2,(H,13,16)(H,14,15)(H,17,18)/t8-/m1/s1. The third-order valence-corrected chi connectivity index (χ3v) is 2.33. The van der Waals surface area contributed by atoms with Gasteiger partial charge in [-0.15, -0.1) is 0 Å². The van der Waals surface area contributed by atoms with Crippen LogP contribution in [-0.4, -0.2) is 39.1 Å². The molecule has 4 N–H and O–H groups in total. The fourth-order valence-corrected chi connectivity index (χ4v) is 1.42. The van der Waals surface area contributed by atoms with Crippen LogP contribution in [0.2, 0.25) is 0 Å². The van der Waals surface area contributed by atoms with E-state index in [-0.39, 0.29) is 25.0 Å². The lowest BCUT2D eigenvalue weighted by Crippen LogP contribution is -2.40. The molecule has 7 nitrogen and oxygen atoms in total. The highest BCUT2D eigenvalue weighted by Gasteiger charge is 2.20. The summed E-state index contributed by atoms with van der Waals surface area (Å²) < 4.78 is 0. The lowest BCUT2D eigenvalue weighted by Gasteiger charge is -2.13. The molecule has 0 aliphatic rings. The topological polar surface area (TPSA) is 119 Å². The predicted molar refractivity (Wildman–Crippen MR) is 61.2 cm³/mol. The second-order valence-corrected chi connectivity index (χ2v) is 3.73. The highest BCUT2D eigenvalue weighted by Crippen LogP contribution is 2.03. The molecule has 1 aromatic heterocycles. The molecule has 0 saturated carbocycles. The number of aromatic nitrogens is 1. The molecule has 1 atom stereocenters. The van der Waals surface area contributed by atoms with E-state index in [9.17, 15) is 14.4 Å². The Labute approximate surface area is 103 Å². The Hall–Kier alpha value is -2.31. The average Bonchev–Trinajstić information content (AvgIpc) is 2.80. The molecular weight excluding hydrogens is 240 g/mol. The van der Waals surface area contributed by atoms with E-state index in [4.69, 9.17) is 10.2 Å². The highest BCUT2D eigenvalue weighted by atomic mass is 16.4. The number of H-pyrrole nitrogens is 1. The van der Waals surface area contributed by atoms with Gasteiger partial charge in [0.15, 0.2) is 0 Å². The first-order valence-electron chi connectivity index (χ1n) is 5.39. The Morgan fingerprint density at radius 3 is 2.56 bits per heavy atom. The van der Waals surface area contributed by atoms with Gasteiger partial charge in [0.25, 0.3) is 5.91 Å². The van der Waals surface area contributed by atoms with E-state index in [2.05, 4.69) is 10.3 Å². The molecule has 0 radical (unpaired) electrons. The molecular formula is C11H14N2O5. The van der Waals surface area contributed by atoms with Crippen molar-refractivity contribution in [3.63, 3.8) is 0 Å². The van der Waals surface area contributed by atoms with Crippen molar-refractivity contribution in [3.8, 4) is 0 Å². The normalized spacial score (nSPS) is 11.8. The molecule has 1 heterocycles. The van der Waals surface area contributed by atoms with Crippen LogP contribution in [0.25, 0.3) is 0 Å². The van der Waals surface area contributed by atoms with Crippen molar-refractivity contribution in [3.05, 3.63) is 24.0 Å². The summed E-state index contributed by atoms with van der Waals surface area (Å²) in [6, 6.07) is 2.06. The van der Waals surface area contributed by atoms with Crippen molar-refractivity contribution in [1.82, 2.24) is 10.3 Å². The summed E-state index contributed by atoms with van der Waals surface area (Å²) in [6.45, 7) is 0. The van der Waals surface area contributed by atoms with E-state index >= 15 is 0 Å². The number of carboxylic acids is 2. The van der Waals surface area contributed by atoms with Gasteiger partial charge >= 0.3 is 11.9 Å². The Morgan fingerprint density at radius 2 is 2.06 bits per heavy atom. The fourth-order valence-electron chi connectivity index (χ4n) is 1.42. The van der Waals surface area contributed by atoms with Crippen molar-refractivity contribution >= 4 is 17.8 Å². The minimum absolute atomic E-state index is 0.0775. The van der Waals surface area contributed by atoms with Gasteiger partial charge in [0.2, 0.25) is 0 Å². The molecule has 0 aliphatic carbocycles. The lowest BCUT2D eigenvalue weighted by atomic mass is 10.1. The van der Waals surface area contributed by atoms with E-state index in [0.29, 0.717) is 0 Å². The number of carbonyl (C=O) groups is 3. The molecule has 0 aliphatic heterocycles. The van der Waals surface area contributed by atoms with Crippen molar-refractivity contribution in [2.75, 3.05) is 0 Å². The van der Waals surface area contributed by atoms with Crippen LogP contribution in [0.5, 0.6) is 0 Å². The number of hydrogen-bond acceptors (Lipinski definition) is 3. The molecule has 1 amide bonds. The summed E-state index contributed by atoms with van der Waals surface area (Å²) in [7, 11) is 0. The minimum Gasteiger partial charge on any atom is -0.481 e. The summed E-state index contributed by atoms with van der Waals surface area (Å²) in [5.41, 5.74) is 0.263. The van der Waals surface area contributed by atoms with Crippen molar-refractivity contribution in [1.29, 1.82) is 0 Å². The first kappa shape index (κ1) is 13.8. The quantitative estimate of drug-likeness (QED) is 0.563. The zero-order valence-corrected chi connectivity index (χ0v) is 9.55. The number of carbonyl (C=O) groups excluding carboxylic acids is 1. The second kappa shape index (κ2) is 6.43. The van der Waals surface area contributed by atoms with Gasteiger partial charge in [-0.25, -0.2) is 4.79 Å². The smallest absolute Gasteiger partial charge is 0.326 e. The molecule has 7 heteroatoms. The van der Waals surface area contributed by atoms with Crippen LogP contribution in [0.4, 0.5) is 0 Å². The fraction of sp³-hybridized carbons (Fsp3) is 0.364. The van der Waals surface area contributed by atoms with Crippen LogP contribution in [0.1, 0.15) is 29.8 Å². The second-order valence-electron chi connectivity index (χ2n) is 3.73. The Morgan fingerprint density at radius 1 is 1.33 bits per heavy atom. The molecule has 1 aromatic rings. The number of aliphatic carboxylic acids is 2. The maximum Gasteiger partial charge on any atom is 0.326 e. The SMILES string of the molecule is O=C(O)CCC[C@@H](NC(=O)c1ccc[nH]1)C(=O)O. The Bertz CT molecular complexity index is 427. The molecule has 18 heavy (non-hydrogen) atoms. The molecule has 0 unspecified atom stereocenters. The van der Waals surface area contributed by atoms with Crippen LogP contribution in [0.3, 0.4) is 0 Å². The van der Waals surface area contributed by atoms with Crippen LogP contribution in [0.15, 0.2) is 18.3 Å². The lowest BCUT2D eigenvalue weighted by molar-refractivity contribution is -0.140. The van der Waals surface area contributed by atoms with E-state index in [1.165, 1.54) is 6.07 Å². The molecule has 0 spiro atoms. The number of carboxylic acid groups (broad SMARTS) is 2. The summed E-state index contributed by atoms with van der Waals surface area (Å²) in [6.07, 6.45) is 1.70. The first-order valence-corrected chi connectivity index (χ1v) is 5.39. The van der Waals surface area contributed by atoms with Gasteiger partial charge in [0.1, 0.15) is 11.7 Å². The van der Waals surface area contributed by atoms with Gasteiger partial charge in [-0.1, -0.05) is 0 Å². The van der Waals surface area contributed by atoms with E-state index in [0.717, 1.165) is 0 Å². The maximum absolute atomic E-state index is 11.6. The van der Waals surface area contributed by atoms with Crippen molar-refractivity contribution < 1.29 is 24.6 Å². The third-order valence-electron chi connectivity index (χ3n) is 2.33. The average molecular weight is 254 g/mol. The van der Waals surface area contributed by atoms with Crippen molar-refractivity contribution in [2.24, 2.45) is 0 Å². The molecule has 0 bridgehead atoms. The molecule has 1 rings (SSSR count). The zero-order valence-electron chi connectivity index (χ0n) is 9.55. The predicted octanol–water partition coefficient (Wildman–Crippen LogP) is 0.453. The molecule has 0 aromatic carbocycles. The van der Waals surface area contributed by atoms with Gasteiger partial charge < -0.3 is 20.5 Å². The maximum atomic E-state index is 11.6. The number of rotatable bonds is 7. The van der Waals surface area contributed by atoms with Crippen molar-refractivity contribution in [2.45, 2.75) is 25.3 Å². The van der Waals surface area contributed by atoms with Gasteiger partial charge in [0.05, 0.1) is 0 Å². The Balaban J connectivity index is 2.50. The molecule has 0 saturated heterocycles. The number of nitrogens with one attached hydrogen (secondary N) is 2. The summed E-state index contributed by atoms with van der Waals surface area (Å²) in [5.74, 6) is -2.70. The zero-order chi connectivity index (χ0) is 13.5. The van der Waals surface area contributed by atoms with Gasteiger partial charge in [0, 0.05) is 12.6 Å². The summed E-state index contributed by atoms with van der Waals surface area (Å²) in [4.78, 5) is 35.5. The van der Waals surface area contributed by atoms with E-state index < -0.39 is 23.9 Å². The number of aromatic amines is 1. The molecule has 0 fully saturated rings. The Kier molecular flexibility index (Phi) is 4.91.